The van der Waals surface area contributed by atoms with Crippen LogP contribution in [0.25, 0.3) is 0 Å². The summed E-state index contributed by atoms with van der Waals surface area (Å²) in [5, 5.41) is 3.56. The van der Waals surface area contributed by atoms with Crippen LogP contribution in [0.1, 0.15) is 15.9 Å². The molecule has 21 heavy (non-hydrogen) atoms. The highest BCUT2D eigenvalue weighted by Crippen LogP contribution is 2.29. The lowest BCUT2D eigenvalue weighted by Crippen LogP contribution is -2.14. The lowest BCUT2D eigenvalue weighted by Gasteiger charge is -2.10. The first-order chi connectivity index (χ1) is 9.92. The molecular weight excluding hydrogens is 379 g/mol. The molecule has 110 valence electrons. The van der Waals surface area contributed by atoms with Gasteiger partial charge in [-0.15, -0.1) is 0 Å². The number of aryl methyl sites for hydroxylation is 1. The maximum atomic E-state index is 12.2. The number of hydrogen-bond donors (Lipinski definition) is 3. The van der Waals surface area contributed by atoms with Crippen LogP contribution in [0.4, 0.5) is 11.5 Å². The van der Waals surface area contributed by atoms with Crippen LogP contribution in [0.5, 0.6) is 0 Å². The Morgan fingerprint density at radius 1 is 1.29 bits per heavy atom. The van der Waals surface area contributed by atoms with E-state index in [0.717, 1.165) is 10.0 Å². The lowest BCUT2D eigenvalue weighted by molar-refractivity contribution is 0.102. The third-order valence-corrected chi connectivity index (χ3v) is 4.09. The van der Waals surface area contributed by atoms with Crippen LogP contribution in [0.2, 0.25) is 10.0 Å². The Kier molecular flexibility index (Phi) is 5.05. The number of carbonyl (C=O) groups excluding carboxylic acids is 1. The highest BCUT2D eigenvalue weighted by atomic mass is 79.9. The maximum Gasteiger partial charge on any atom is 0.257 e. The third-order valence-electron chi connectivity index (χ3n) is 2.74. The average Bonchev–Trinajstić information content (AvgIpc) is 2.44. The van der Waals surface area contributed by atoms with Gasteiger partial charge in [-0.3, -0.25) is 4.79 Å². The monoisotopic (exact) mass is 388 g/mol. The minimum absolute atomic E-state index is 0.256. The number of carbonyl (C=O) groups is 1. The first-order valence-electron chi connectivity index (χ1n) is 5.81. The van der Waals surface area contributed by atoms with E-state index in [1.165, 1.54) is 12.3 Å². The second kappa shape index (κ2) is 6.62. The van der Waals surface area contributed by atoms with Crippen molar-refractivity contribution in [3.05, 3.63) is 50.0 Å². The molecule has 2 aromatic rings. The van der Waals surface area contributed by atoms with Crippen molar-refractivity contribution in [2.24, 2.45) is 5.84 Å². The number of nitrogens with zero attached hydrogens (tertiary/aromatic N) is 1. The number of anilines is 2. The van der Waals surface area contributed by atoms with Gasteiger partial charge in [-0.05, 0) is 46.6 Å². The average molecular weight is 390 g/mol. The summed E-state index contributed by atoms with van der Waals surface area (Å²) in [7, 11) is 0. The number of nitrogens with one attached hydrogen (secondary N) is 2. The van der Waals surface area contributed by atoms with Crippen molar-refractivity contribution >= 4 is 56.5 Å². The second-order valence-electron chi connectivity index (χ2n) is 4.23. The van der Waals surface area contributed by atoms with E-state index >= 15 is 0 Å². The van der Waals surface area contributed by atoms with E-state index in [0.29, 0.717) is 22.1 Å². The fourth-order valence-electron chi connectivity index (χ4n) is 1.60. The minimum Gasteiger partial charge on any atom is -0.321 e. The highest BCUT2D eigenvalue weighted by Gasteiger charge is 2.12. The van der Waals surface area contributed by atoms with Crippen LogP contribution >= 0.6 is 39.1 Å². The summed E-state index contributed by atoms with van der Waals surface area (Å²) in [5.41, 5.74) is 4.11. The van der Waals surface area contributed by atoms with Crippen molar-refractivity contribution in [2.75, 3.05) is 10.7 Å². The number of hydrogen-bond acceptors (Lipinski definition) is 4. The Morgan fingerprint density at radius 2 is 2.00 bits per heavy atom. The number of pyridine rings is 1. The van der Waals surface area contributed by atoms with Crippen molar-refractivity contribution in [3.8, 4) is 0 Å². The van der Waals surface area contributed by atoms with Gasteiger partial charge in [0.15, 0.2) is 5.82 Å². The molecule has 4 N–H and O–H groups in total. The number of rotatable bonds is 3. The smallest absolute Gasteiger partial charge is 0.257 e. The molecule has 0 saturated heterocycles. The number of amides is 1. The molecule has 0 spiro atoms. The third kappa shape index (κ3) is 3.65. The number of nitrogens with two attached hydrogens (primary N) is 1. The Bertz CT molecular complexity index is 709. The van der Waals surface area contributed by atoms with Gasteiger partial charge >= 0.3 is 0 Å². The van der Waals surface area contributed by atoms with E-state index in [-0.39, 0.29) is 10.9 Å². The molecule has 0 atom stereocenters. The number of nitrogen functional groups attached to an aromatic ring is 1. The Hall–Kier alpha value is -1.34. The van der Waals surface area contributed by atoms with Crippen LogP contribution < -0.4 is 16.6 Å². The zero-order chi connectivity index (χ0) is 15.6. The summed E-state index contributed by atoms with van der Waals surface area (Å²) in [6.45, 7) is 1.88. The molecule has 0 bridgehead atoms. The van der Waals surface area contributed by atoms with Gasteiger partial charge in [-0.2, -0.15) is 0 Å². The molecule has 1 aromatic heterocycles. The van der Waals surface area contributed by atoms with Gasteiger partial charge in [-0.1, -0.05) is 23.2 Å². The Morgan fingerprint density at radius 3 is 2.62 bits per heavy atom. The van der Waals surface area contributed by atoms with Crippen LogP contribution in [-0.2, 0) is 0 Å². The summed E-state index contributed by atoms with van der Waals surface area (Å²) in [6.07, 6.45) is 1.38. The van der Waals surface area contributed by atoms with Crippen LogP contribution in [0, 0.1) is 6.92 Å². The van der Waals surface area contributed by atoms with Gasteiger partial charge in [0, 0.05) is 15.7 Å². The van der Waals surface area contributed by atoms with E-state index < -0.39 is 0 Å². The lowest BCUT2D eigenvalue weighted by atomic mass is 10.2. The molecule has 0 aliphatic heterocycles. The molecule has 0 saturated carbocycles. The SMILES string of the molecule is Cc1cc(Br)c(NC(=O)c2cnc(NN)c(Cl)c2)cc1Cl. The van der Waals surface area contributed by atoms with E-state index in [9.17, 15) is 4.79 Å². The largest absolute Gasteiger partial charge is 0.321 e. The molecule has 8 heteroatoms. The van der Waals surface area contributed by atoms with E-state index in [1.54, 1.807) is 6.07 Å². The normalized spacial score (nSPS) is 10.3. The van der Waals surface area contributed by atoms with Crippen LogP contribution in [0.3, 0.4) is 0 Å². The van der Waals surface area contributed by atoms with Gasteiger partial charge in [0.05, 0.1) is 16.3 Å². The molecule has 0 aliphatic rings. The molecule has 0 aliphatic carbocycles. The van der Waals surface area contributed by atoms with Gasteiger partial charge in [-0.25, -0.2) is 10.8 Å². The van der Waals surface area contributed by atoms with Gasteiger partial charge in [0.2, 0.25) is 0 Å². The van der Waals surface area contributed by atoms with Gasteiger partial charge in [0.1, 0.15) is 0 Å². The molecule has 0 fully saturated rings. The Labute approximate surface area is 139 Å². The summed E-state index contributed by atoms with van der Waals surface area (Å²) >= 11 is 15.4. The standard InChI is InChI=1S/C13H11BrCl2N4O/c1-6-2-8(14)11(4-9(6)15)19-13(21)7-3-10(16)12(20-17)18-5-7/h2-5H,17H2,1H3,(H,18,20)(H,19,21). The van der Waals surface area contributed by atoms with E-state index in [4.69, 9.17) is 29.0 Å². The maximum absolute atomic E-state index is 12.2. The van der Waals surface area contributed by atoms with Crippen molar-refractivity contribution in [2.45, 2.75) is 6.92 Å². The van der Waals surface area contributed by atoms with E-state index in [2.05, 4.69) is 31.7 Å². The molecule has 1 heterocycles. The van der Waals surface area contributed by atoms with Gasteiger partial charge in [0.25, 0.3) is 5.91 Å². The molecule has 1 aromatic carbocycles. The van der Waals surface area contributed by atoms with Crippen molar-refractivity contribution < 1.29 is 4.79 Å². The molecule has 5 nitrogen and oxygen atoms in total. The first-order valence-corrected chi connectivity index (χ1v) is 7.36. The first kappa shape index (κ1) is 16.0. The van der Waals surface area contributed by atoms with Crippen molar-refractivity contribution in [1.82, 2.24) is 4.98 Å². The molecule has 1 amide bonds. The quantitative estimate of drug-likeness (QED) is 0.547. The fraction of sp³-hybridized carbons (Fsp3) is 0.0769. The van der Waals surface area contributed by atoms with E-state index in [1.807, 2.05) is 13.0 Å². The topological polar surface area (TPSA) is 80.0 Å². The summed E-state index contributed by atoms with van der Waals surface area (Å²) in [4.78, 5) is 16.1. The number of aromatic nitrogens is 1. The van der Waals surface area contributed by atoms with Crippen LogP contribution in [-0.4, -0.2) is 10.9 Å². The molecule has 0 radical (unpaired) electrons. The summed E-state index contributed by atoms with van der Waals surface area (Å²) in [6, 6.07) is 4.97. The minimum atomic E-state index is -0.353. The number of benzene rings is 1. The zero-order valence-electron chi connectivity index (χ0n) is 10.9. The second-order valence-corrected chi connectivity index (χ2v) is 5.90. The predicted octanol–water partition coefficient (Wildman–Crippen LogP) is 4.00. The highest BCUT2D eigenvalue weighted by molar-refractivity contribution is 9.10. The molecule has 0 unspecified atom stereocenters. The summed E-state index contributed by atoms with van der Waals surface area (Å²) in [5.74, 6) is 5.18. The summed E-state index contributed by atoms with van der Waals surface area (Å²) < 4.78 is 0.733. The Balaban J connectivity index is 2.26. The van der Waals surface area contributed by atoms with Gasteiger partial charge < -0.3 is 10.7 Å². The number of hydrazine groups is 1. The fourth-order valence-corrected chi connectivity index (χ4v) is 2.55. The molecule has 2 rings (SSSR count). The molecular formula is C13H11BrCl2N4O. The predicted molar refractivity (Wildman–Crippen MR) is 88.9 cm³/mol. The van der Waals surface area contributed by atoms with Crippen LogP contribution in [0.15, 0.2) is 28.9 Å². The van der Waals surface area contributed by atoms with Crippen molar-refractivity contribution in [3.63, 3.8) is 0 Å². The van der Waals surface area contributed by atoms with Crippen molar-refractivity contribution in [1.29, 1.82) is 0 Å². The zero-order valence-corrected chi connectivity index (χ0v) is 14.0. The number of halogens is 3.